The second-order valence-electron chi connectivity index (χ2n) is 4.49. The molecule has 6 nitrogen and oxygen atoms in total. The van der Waals surface area contributed by atoms with E-state index in [9.17, 15) is 20.1 Å². The molecule has 5 atom stereocenters. The summed E-state index contributed by atoms with van der Waals surface area (Å²) in [6, 6.07) is -0.642. The summed E-state index contributed by atoms with van der Waals surface area (Å²) in [6.45, 7) is 4.17. The van der Waals surface area contributed by atoms with Gasteiger partial charge in [0.25, 0.3) is 0 Å². The Morgan fingerprint density at radius 3 is 2.13 bits per heavy atom. The van der Waals surface area contributed by atoms with Gasteiger partial charge in [0.05, 0.1) is 0 Å². The van der Waals surface area contributed by atoms with Gasteiger partial charge in [-0.25, -0.2) is 0 Å². The van der Waals surface area contributed by atoms with Crippen LogP contribution in [0, 0.1) is 0 Å². The summed E-state index contributed by atoms with van der Waals surface area (Å²) < 4.78 is 0. The predicted molar refractivity (Wildman–Crippen MR) is 51.3 cm³/mol. The van der Waals surface area contributed by atoms with Crippen molar-refractivity contribution < 1.29 is 25.2 Å². The number of hydrogen-bond donors (Lipinski definition) is 5. The Bertz CT molecular complexity index is 280. The molecule has 5 N–H and O–H groups in total. The molecule has 0 aliphatic carbocycles. The fourth-order valence-corrected chi connectivity index (χ4v) is 1.76. The fourth-order valence-electron chi connectivity index (χ4n) is 1.76. The minimum atomic E-state index is -1.65. The Kier molecular flexibility index (Phi) is 2.82. The fraction of sp³-hybridized carbons (Fsp3) is 0.889. The van der Waals surface area contributed by atoms with Gasteiger partial charge in [-0.2, -0.15) is 0 Å². The highest BCUT2D eigenvalue weighted by molar-refractivity contribution is 5.79. The van der Waals surface area contributed by atoms with E-state index in [2.05, 4.69) is 5.32 Å². The summed E-state index contributed by atoms with van der Waals surface area (Å²) in [5.74, 6) is -1.27. The molecule has 6 heteroatoms. The summed E-state index contributed by atoms with van der Waals surface area (Å²) in [4.78, 5) is 11.0. The van der Waals surface area contributed by atoms with E-state index in [1.807, 2.05) is 0 Å². The molecule has 0 aromatic carbocycles. The maximum absolute atomic E-state index is 11.0. The maximum atomic E-state index is 11.0. The third-order valence-electron chi connectivity index (χ3n) is 3.33. The number of rotatable bonds is 1. The summed E-state index contributed by atoms with van der Waals surface area (Å²) >= 11 is 0. The number of aliphatic hydroxyl groups is 3. The summed E-state index contributed by atoms with van der Waals surface area (Å²) in [5.41, 5.74) is -3.21. The molecule has 0 aromatic rings. The van der Waals surface area contributed by atoms with Crippen molar-refractivity contribution in [3.05, 3.63) is 0 Å². The molecule has 0 spiro atoms. The van der Waals surface area contributed by atoms with Gasteiger partial charge in [0, 0.05) is 6.04 Å². The third-order valence-corrected chi connectivity index (χ3v) is 3.33. The van der Waals surface area contributed by atoms with Gasteiger partial charge < -0.3 is 20.4 Å². The molecule has 1 fully saturated rings. The van der Waals surface area contributed by atoms with Gasteiger partial charge in [-0.05, 0) is 20.8 Å². The van der Waals surface area contributed by atoms with Crippen molar-refractivity contribution in [1.82, 2.24) is 5.32 Å². The Balaban J connectivity index is 3.07. The number of nitrogens with one attached hydrogen (secondary N) is 1. The van der Waals surface area contributed by atoms with Gasteiger partial charge in [0.2, 0.25) is 0 Å². The van der Waals surface area contributed by atoms with Gasteiger partial charge in [-0.3, -0.25) is 10.1 Å². The second-order valence-corrected chi connectivity index (χ2v) is 4.49. The second kappa shape index (κ2) is 3.41. The average Bonchev–Trinajstić information content (AvgIpc) is 2.12. The molecule has 0 unspecified atom stereocenters. The van der Waals surface area contributed by atoms with E-state index in [1.165, 1.54) is 13.8 Å². The lowest BCUT2D eigenvalue weighted by Crippen LogP contribution is -2.76. The molecule has 0 saturated carbocycles. The van der Waals surface area contributed by atoms with E-state index < -0.39 is 35.4 Å². The SMILES string of the molecule is C[C@@H]1N[C@@](C)(C(=O)O)[C@H](O)[C@H](O)[C@@]1(C)O. The quantitative estimate of drug-likeness (QED) is 0.359. The Hall–Kier alpha value is -0.690. The normalized spacial score (nSPS) is 51.5. The van der Waals surface area contributed by atoms with Crippen LogP contribution in [0.4, 0.5) is 0 Å². The lowest BCUT2D eigenvalue weighted by atomic mass is 9.75. The zero-order valence-electron chi connectivity index (χ0n) is 8.93. The van der Waals surface area contributed by atoms with Crippen molar-refractivity contribution in [3.63, 3.8) is 0 Å². The van der Waals surface area contributed by atoms with Crippen LogP contribution in [0.3, 0.4) is 0 Å². The van der Waals surface area contributed by atoms with Crippen LogP contribution < -0.4 is 5.32 Å². The number of carboxylic acids is 1. The van der Waals surface area contributed by atoms with Crippen molar-refractivity contribution >= 4 is 5.97 Å². The molecular weight excluding hydrogens is 202 g/mol. The van der Waals surface area contributed by atoms with Gasteiger partial charge in [-0.1, -0.05) is 0 Å². The van der Waals surface area contributed by atoms with E-state index in [0.717, 1.165) is 0 Å². The minimum absolute atomic E-state index is 0.642. The first-order valence-corrected chi connectivity index (χ1v) is 4.73. The van der Waals surface area contributed by atoms with Crippen LogP contribution in [0.2, 0.25) is 0 Å². The first kappa shape index (κ1) is 12.4. The Labute approximate surface area is 87.5 Å². The largest absolute Gasteiger partial charge is 0.480 e. The molecule has 1 aliphatic heterocycles. The third kappa shape index (κ3) is 1.63. The van der Waals surface area contributed by atoms with Crippen LogP contribution in [-0.2, 0) is 4.79 Å². The predicted octanol–water partition coefficient (Wildman–Crippen LogP) is -1.71. The first-order chi connectivity index (χ1) is 6.64. The number of piperidine rings is 1. The zero-order valence-corrected chi connectivity index (χ0v) is 8.93. The summed E-state index contributed by atoms with van der Waals surface area (Å²) in [6.07, 6.45) is -3.07. The molecule has 0 radical (unpaired) electrons. The number of hydrogen-bond acceptors (Lipinski definition) is 5. The highest BCUT2D eigenvalue weighted by Crippen LogP contribution is 2.30. The molecule has 0 aromatic heterocycles. The van der Waals surface area contributed by atoms with E-state index in [1.54, 1.807) is 6.92 Å². The van der Waals surface area contributed by atoms with E-state index >= 15 is 0 Å². The van der Waals surface area contributed by atoms with E-state index in [0.29, 0.717) is 0 Å². The topological polar surface area (TPSA) is 110 Å². The van der Waals surface area contributed by atoms with Crippen molar-refractivity contribution in [3.8, 4) is 0 Å². The van der Waals surface area contributed by atoms with Crippen LogP contribution in [0.5, 0.6) is 0 Å². The van der Waals surface area contributed by atoms with Crippen LogP contribution >= 0.6 is 0 Å². The molecule has 1 saturated heterocycles. The lowest BCUT2D eigenvalue weighted by Gasteiger charge is -2.50. The molecule has 15 heavy (non-hydrogen) atoms. The molecule has 0 amide bonds. The molecule has 1 heterocycles. The Morgan fingerprint density at radius 1 is 1.27 bits per heavy atom. The van der Waals surface area contributed by atoms with Crippen molar-refractivity contribution in [2.45, 2.75) is 50.2 Å². The highest BCUT2D eigenvalue weighted by Gasteiger charge is 2.57. The van der Waals surface area contributed by atoms with E-state index in [-0.39, 0.29) is 0 Å². The number of aliphatic carboxylic acids is 1. The van der Waals surface area contributed by atoms with Crippen LogP contribution in [0.15, 0.2) is 0 Å². The summed E-state index contributed by atoms with van der Waals surface area (Å²) in [7, 11) is 0. The minimum Gasteiger partial charge on any atom is -0.480 e. The maximum Gasteiger partial charge on any atom is 0.326 e. The van der Waals surface area contributed by atoms with Gasteiger partial charge >= 0.3 is 5.97 Å². The molecular formula is C9H17NO5. The monoisotopic (exact) mass is 219 g/mol. The summed E-state index contributed by atoms with van der Waals surface area (Å²) in [5, 5.41) is 40.7. The van der Waals surface area contributed by atoms with Crippen molar-refractivity contribution in [2.75, 3.05) is 0 Å². The number of aliphatic hydroxyl groups excluding tert-OH is 2. The molecule has 1 aliphatic rings. The van der Waals surface area contributed by atoms with Gasteiger partial charge in [0.1, 0.15) is 23.3 Å². The van der Waals surface area contributed by atoms with Gasteiger partial charge in [0.15, 0.2) is 0 Å². The van der Waals surface area contributed by atoms with Crippen molar-refractivity contribution in [1.29, 1.82) is 0 Å². The zero-order chi connectivity index (χ0) is 12.0. The molecule has 0 bridgehead atoms. The highest BCUT2D eigenvalue weighted by atomic mass is 16.4. The van der Waals surface area contributed by atoms with E-state index in [4.69, 9.17) is 5.11 Å². The first-order valence-electron chi connectivity index (χ1n) is 4.73. The average molecular weight is 219 g/mol. The smallest absolute Gasteiger partial charge is 0.326 e. The van der Waals surface area contributed by atoms with Crippen LogP contribution in [0.1, 0.15) is 20.8 Å². The van der Waals surface area contributed by atoms with Gasteiger partial charge in [-0.15, -0.1) is 0 Å². The molecule has 88 valence electrons. The lowest BCUT2D eigenvalue weighted by molar-refractivity contribution is -0.195. The van der Waals surface area contributed by atoms with Crippen molar-refractivity contribution in [2.24, 2.45) is 0 Å². The standard InChI is InChI=1S/C9H17NO5/c1-4-9(3,15)6(12)5(11)8(2,10-4)7(13)14/h4-6,10-12,15H,1-3H3,(H,13,14)/t4-,5+,6-,8+,9-/m0/s1. The number of carboxylic acid groups (broad SMARTS) is 1. The Morgan fingerprint density at radius 2 is 1.73 bits per heavy atom. The number of carbonyl (C=O) groups is 1. The molecule has 1 rings (SSSR count). The van der Waals surface area contributed by atoms with Crippen LogP contribution in [0.25, 0.3) is 0 Å². The van der Waals surface area contributed by atoms with Crippen LogP contribution in [-0.4, -0.2) is 55.8 Å².